The number of hydrogen-bond donors (Lipinski definition) is 1. The fourth-order valence-electron chi connectivity index (χ4n) is 3.36. The third-order valence-electron chi connectivity index (χ3n) is 4.46. The van der Waals surface area contributed by atoms with Crippen LogP contribution in [0.4, 0.5) is 5.69 Å². The monoisotopic (exact) mass is 324 g/mol. The molecule has 2 aromatic carbocycles. The van der Waals surface area contributed by atoms with Crippen molar-refractivity contribution in [3.63, 3.8) is 0 Å². The Morgan fingerprint density at radius 1 is 1.17 bits per heavy atom. The number of methoxy groups -OCH3 is 1. The van der Waals surface area contributed by atoms with Crippen LogP contribution in [0.25, 0.3) is 21.8 Å². The molecule has 0 saturated heterocycles. The van der Waals surface area contributed by atoms with Crippen LogP contribution in [0.1, 0.15) is 31.9 Å². The molecule has 126 valence electrons. The highest BCUT2D eigenvalue weighted by atomic mass is 16.5. The van der Waals surface area contributed by atoms with Gasteiger partial charge in [-0.05, 0) is 44.5 Å². The maximum Gasteiger partial charge on any atom is 0.226 e. The molecule has 24 heavy (non-hydrogen) atoms. The topological polar surface area (TPSA) is 43.3 Å². The van der Waals surface area contributed by atoms with Crippen molar-refractivity contribution in [2.24, 2.45) is 0 Å². The van der Waals surface area contributed by atoms with E-state index in [2.05, 4.69) is 61.0 Å². The lowest BCUT2D eigenvalue weighted by atomic mass is 10.1. The minimum absolute atomic E-state index is 0.0214. The fraction of sp³-hybridized carbons (Fsp3) is 0.350. The van der Waals surface area contributed by atoms with Crippen LogP contribution < -0.4 is 5.32 Å². The number of benzene rings is 2. The molecule has 3 aromatic rings. The van der Waals surface area contributed by atoms with Gasteiger partial charge in [-0.2, -0.15) is 0 Å². The molecule has 4 nitrogen and oxygen atoms in total. The molecule has 1 N–H and O–H groups in total. The lowest BCUT2D eigenvalue weighted by Crippen LogP contribution is -2.14. The number of carbonyl (C=O) groups is 1. The molecular weight excluding hydrogens is 300 g/mol. The number of ether oxygens (including phenoxy) is 1. The van der Waals surface area contributed by atoms with Crippen molar-refractivity contribution in [1.29, 1.82) is 0 Å². The second kappa shape index (κ2) is 6.65. The predicted molar refractivity (Wildman–Crippen MR) is 99.7 cm³/mol. The molecule has 1 aromatic heterocycles. The van der Waals surface area contributed by atoms with Crippen LogP contribution >= 0.6 is 0 Å². The number of nitrogens with one attached hydrogen (secondary N) is 1. The molecule has 0 aliphatic carbocycles. The molecule has 0 aliphatic rings. The molecular formula is C20H24N2O2. The minimum Gasteiger partial charge on any atom is -0.384 e. The lowest BCUT2D eigenvalue weighted by molar-refractivity contribution is -0.117. The first-order valence-corrected chi connectivity index (χ1v) is 8.35. The van der Waals surface area contributed by atoms with Crippen LogP contribution in [0, 0.1) is 6.92 Å². The number of fused-ring (bicyclic) bond motifs is 3. The van der Waals surface area contributed by atoms with E-state index in [9.17, 15) is 4.79 Å². The lowest BCUT2D eigenvalue weighted by Gasteiger charge is -2.13. The molecule has 0 unspecified atom stereocenters. The van der Waals surface area contributed by atoms with E-state index in [-0.39, 0.29) is 5.91 Å². The molecule has 4 heteroatoms. The summed E-state index contributed by atoms with van der Waals surface area (Å²) in [6.45, 7) is 6.90. The summed E-state index contributed by atoms with van der Waals surface area (Å²) >= 11 is 0. The van der Waals surface area contributed by atoms with E-state index < -0.39 is 0 Å². The Bertz CT molecular complexity index is 893. The first kappa shape index (κ1) is 16.5. The van der Waals surface area contributed by atoms with Crippen molar-refractivity contribution >= 4 is 33.4 Å². The highest BCUT2D eigenvalue weighted by molar-refractivity contribution is 6.12. The minimum atomic E-state index is -0.0214. The molecule has 1 amide bonds. The summed E-state index contributed by atoms with van der Waals surface area (Å²) in [5.41, 5.74) is 4.41. The second-order valence-corrected chi connectivity index (χ2v) is 6.40. The molecule has 0 fully saturated rings. The molecule has 3 rings (SSSR count). The van der Waals surface area contributed by atoms with Crippen molar-refractivity contribution in [3.8, 4) is 0 Å². The van der Waals surface area contributed by atoms with E-state index in [1.165, 1.54) is 21.8 Å². The number of rotatable bonds is 5. The van der Waals surface area contributed by atoms with E-state index in [4.69, 9.17) is 4.74 Å². The molecule has 0 aliphatic heterocycles. The summed E-state index contributed by atoms with van der Waals surface area (Å²) in [7, 11) is 1.60. The average Bonchev–Trinajstić information content (AvgIpc) is 2.90. The van der Waals surface area contributed by atoms with E-state index >= 15 is 0 Å². The van der Waals surface area contributed by atoms with Gasteiger partial charge in [-0.3, -0.25) is 4.79 Å². The zero-order valence-corrected chi connectivity index (χ0v) is 14.7. The summed E-state index contributed by atoms with van der Waals surface area (Å²) in [6.07, 6.45) is 0.363. The van der Waals surface area contributed by atoms with Crippen molar-refractivity contribution < 1.29 is 9.53 Å². The number of para-hydroxylation sites is 1. The summed E-state index contributed by atoms with van der Waals surface area (Å²) in [5.74, 6) is -0.0214. The Kier molecular flexibility index (Phi) is 4.58. The Morgan fingerprint density at radius 2 is 1.92 bits per heavy atom. The molecule has 0 spiro atoms. The first-order chi connectivity index (χ1) is 11.5. The number of nitrogens with zero attached hydrogens (tertiary/aromatic N) is 1. The van der Waals surface area contributed by atoms with Gasteiger partial charge < -0.3 is 14.6 Å². The van der Waals surface area contributed by atoms with Crippen LogP contribution in [0.5, 0.6) is 0 Å². The second-order valence-electron chi connectivity index (χ2n) is 6.40. The van der Waals surface area contributed by atoms with Crippen LogP contribution in [0.2, 0.25) is 0 Å². The maximum absolute atomic E-state index is 12.0. The molecule has 0 radical (unpaired) electrons. The Morgan fingerprint density at radius 3 is 2.62 bits per heavy atom. The Balaban J connectivity index is 2.15. The fourth-order valence-corrected chi connectivity index (χ4v) is 3.36. The van der Waals surface area contributed by atoms with Gasteiger partial charge in [0, 0.05) is 40.6 Å². The average molecular weight is 324 g/mol. The largest absolute Gasteiger partial charge is 0.384 e. The van der Waals surface area contributed by atoms with Gasteiger partial charge in [0.05, 0.1) is 13.0 Å². The van der Waals surface area contributed by atoms with Crippen LogP contribution in [-0.2, 0) is 9.53 Å². The van der Waals surface area contributed by atoms with Crippen LogP contribution in [-0.4, -0.2) is 24.2 Å². The van der Waals surface area contributed by atoms with Gasteiger partial charge in [0.1, 0.15) is 0 Å². The zero-order chi connectivity index (χ0) is 17.3. The van der Waals surface area contributed by atoms with Crippen molar-refractivity contribution in [2.75, 3.05) is 19.0 Å². The van der Waals surface area contributed by atoms with E-state index in [1.54, 1.807) is 7.11 Å². The third-order valence-corrected chi connectivity index (χ3v) is 4.46. The summed E-state index contributed by atoms with van der Waals surface area (Å²) in [4.78, 5) is 12.0. The zero-order valence-electron chi connectivity index (χ0n) is 14.7. The van der Waals surface area contributed by atoms with Gasteiger partial charge in [0.15, 0.2) is 0 Å². The smallest absolute Gasteiger partial charge is 0.226 e. The number of carbonyl (C=O) groups excluding carboxylic acids is 1. The van der Waals surface area contributed by atoms with Crippen LogP contribution in [0.3, 0.4) is 0 Å². The van der Waals surface area contributed by atoms with Gasteiger partial charge >= 0.3 is 0 Å². The first-order valence-electron chi connectivity index (χ1n) is 8.35. The molecule has 1 heterocycles. The van der Waals surface area contributed by atoms with Gasteiger partial charge in [-0.1, -0.05) is 18.2 Å². The Hall–Kier alpha value is -2.33. The number of hydrogen-bond acceptors (Lipinski definition) is 2. The number of aromatic nitrogens is 1. The van der Waals surface area contributed by atoms with Gasteiger partial charge in [0.2, 0.25) is 5.91 Å². The van der Waals surface area contributed by atoms with Gasteiger partial charge in [0.25, 0.3) is 0 Å². The van der Waals surface area contributed by atoms with Crippen LogP contribution in [0.15, 0.2) is 36.4 Å². The molecule has 0 atom stereocenters. The molecule has 0 saturated carbocycles. The normalized spacial score (nSPS) is 11.5. The van der Waals surface area contributed by atoms with Gasteiger partial charge in [-0.25, -0.2) is 0 Å². The highest BCUT2D eigenvalue weighted by Crippen LogP contribution is 2.36. The van der Waals surface area contributed by atoms with E-state index in [1.807, 2.05) is 6.07 Å². The maximum atomic E-state index is 12.0. The summed E-state index contributed by atoms with van der Waals surface area (Å²) < 4.78 is 7.33. The van der Waals surface area contributed by atoms with Crippen molar-refractivity contribution in [2.45, 2.75) is 33.2 Å². The number of anilines is 1. The van der Waals surface area contributed by atoms with Crippen molar-refractivity contribution in [1.82, 2.24) is 4.57 Å². The highest BCUT2D eigenvalue weighted by Gasteiger charge is 2.16. The van der Waals surface area contributed by atoms with Crippen molar-refractivity contribution in [3.05, 3.63) is 42.0 Å². The number of aryl methyl sites for hydroxylation is 1. The van der Waals surface area contributed by atoms with E-state index in [0.29, 0.717) is 19.1 Å². The predicted octanol–water partition coefficient (Wildman–Crippen LogP) is 4.66. The standard InChI is InChI=1S/C20H24N2O2/c1-13(2)22-17-8-6-5-7-15(17)20-14(3)16(9-10-18(20)22)21-19(23)11-12-24-4/h5-10,13H,11-12H2,1-4H3,(H,21,23). The third kappa shape index (κ3) is 2.78. The Labute approximate surface area is 142 Å². The quantitative estimate of drug-likeness (QED) is 0.742. The number of amides is 1. The SMILES string of the molecule is COCCC(=O)Nc1ccc2c(c1C)c1ccccc1n2C(C)C. The molecule has 0 bridgehead atoms. The van der Waals surface area contributed by atoms with E-state index in [0.717, 1.165) is 11.3 Å². The summed E-state index contributed by atoms with van der Waals surface area (Å²) in [5, 5.41) is 5.45. The summed E-state index contributed by atoms with van der Waals surface area (Å²) in [6, 6.07) is 12.9. The van der Waals surface area contributed by atoms with Gasteiger partial charge in [-0.15, -0.1) is 0 Å².